The first-order valence-electron chi connectivity index (χ1n) is 5.27. The Bertz CT molecular complexity index is 300. The molecule has 2 aliphatic carbocycles. The molecule has 0 spiro atoms. The standard InChI is InChI=1S/C11H19NO2/c1-9(2)10(3)4-5-11(9,8(13)14)6-7(10)12/h7H,4-6,12H2,1-3H3,(H,13,14)/t7?,10-,11+/m1/s1. The van der Waals surface area contributed by atoms with E-state index in [0.717, 1.165) is 12.8 Å². The van der Waals surface area contributed by atoms with Crippen molar-refractivity contribution in [3.8, 4) is 0 Å². The number of hydrogen-bond donors (Lipinski definition) is 2. The highest BCUT2D eigenvalue weighted by molar-refractivity contribution is 5.77. The normalized spacial score (nSPS) is 49.6. The summed E-state index contributed by atoms with van der Waals surface area (Å²) in [6.07, 6.45) is 2.39. The Labute approximate surface area is 84.7 Å². The zero-order valence-corrected chi connectivity index (χ0v) is 9.13. The molecule has 2 fully saturated rings. The fourth-order valence-electron chi connectivity index (χ4n) is 3.71. The molecule has 80 valence electrons. The van der Waals surface area contributed by atoms with Crippen LogP contribution < -0.4 is 5.73 Å². The minimum absolute atomic E-state index is 0.00535. The average molecular weight is 197 g/mol. The number of carbonyl (C=O) groups is 1. The van der Waals surface area contributed by atoms with Gasteiger partial charge >= 0.3 is 5.97 Å². The van der Waals surface area contributed by atoms with Gasteiger partial charge in [-0.2, -0.15) is 0 Å². The Hall–Kier alpha value is -0.570. The average Bonchev–Trinajstić information content (AvgIpc) is 2.34. The van der Waals surface area contributed by atoms with Crippen LogP contribution in [0.5, 0.6) is 0 Å². The summed E-state index contributed by atoms with van der Waals surface area (Å²) < 4.78 is 0. The van der Waals surface area contributed by atoms with Crippen LogP contribution in [0, 0.1) is 16.2 Å². The van der Waals surface area contributed by atoms with Crippen LogP contribution >= 0.6 is 0 Å². The maximum Gasteiger partial charge on any atom is 0.310 e. The molecule has 0 amide bonds. The summed E-state index contributed by atoms with van der Waals surface area (Å²) >= 11 is 0. The van der Waals surface area contributed by atoms with Crippen LogP contribution in [-0.2, 0) is 4.79 Å². The lowest BCUT2D eigenvalue weighted by Gasteiger charge is -2.39. The van der Waals surface area contributed by atoms with Gasteiger partial charge < -0.3 is 10.8 Å². The van der Waals surface area contributed by atoms with Crippen molar-refractivity contribution in [2.45, 2.75) is 46.1 Å². The second kappa shape index (κ2) is 2.32. The number of nitrogens with two attached hydrogens (primary N) is 1. The Morgan fingerprint density at radius 3 is 2.14 bits per heavy atom. The molecule has 3 N–H and O–H groups in total. The minimum atomic E-state index is -0.654. The highest BCUT2D eigenvalue weighted by Gasteiger charge is 2.71. The third-order valence-corrected chi connectivity index (χ3v) is 5.49. The van der Waals surface area contributed by atoms with Gasteiger partial charge in [-0.25, -0.2) is 0 Å². The number of hydrogen-bond acceptors (Lipinski definition) is 2. The van der Waals surface area contributed by atoms with Gasteiger partial charge in [0.2, 0.25) is 0 Å². The minimum Gasteiger partial charge on any atom is -0.481 e. The number of fused-ring (bicyclic) bond motifs is 2. The molecular weight excluding hydrogens is 178 g/mol. The smallest absolute Gasteiger partial charge is 0.310 e. The zero-order chi connectivity index (χ0) is 10.8. The highest BCUT2D eigenvalue weighted by atomic mass is 16.4. The summed E-state index contributed by atoms with van der Waals surface area (Å²) in [5.74, 6) is -0.654. The third kappa shape index (κ3) is 0.724. The molecule has 3 atom stereocenters. The molecule has 3 nitrogen and oxygen atoms in total. The maximum atomic E-state index is 11.4. The molecule has 0 aromatic heterocycles. The molecule has 14 heavy (non-hydrogen) atoms. The van der Waals surface area contributed by atoms with Crippen molar-refractivity contribution < 1.29 is 9.90 Å². The van der Waals surface area contributed by atoms with Crippen molar-refractivity contribution in [2.75, 3.05) is 0 Å². The molecule has 0 aromatic rings. The Kier molecular flexibility index (Phi) is 1.65. The van der Waals surface area contributed by atoms with E-state index in [1.54, 1.807) is 0 Å². The third-order valence-electron chi connectivity index (χ3n) is 5.49. The first kappa shape index (κ1) is 9.97. The summed E-state index contributed by atoms with van der Waals surface area (Å²) in [7, 11) is 0. The van der Waals surface area contributed by atoms with Crippen LogP contribution in [0.4, 0.5) is 0 Å². The Morgan fingerprint density at radius 1 is 1.36 bits per heavy atom. The van der Waals surface area contributed by atoms with Gasteiger partial charge in [-0.3, -0.25) is 4.79 Å². The van der Waals surface area contributed by atoms with E-state index in [9.17, 15) is 9.90 Å². The van der Waals surface area contributed by atoms with Crippen molar-refractivity contribution in [1.82, 2.24) is 0 Å². The summed E-state index contributed by atoms with van der Waals surface area (Å²) in [4.78, 5) is 11.4. The monoisotopic (exact) mass is 197 g/mol. The van der Waals surface area contributed by atoms with Crippen LogP contribution in [-0.4, -0.2) is 17.1 Å². The van der Waals surface area contributed by atoms with Crippen LogP contribution in [0.1, 0.15) is 40.0 Å². The second-order valence-electron chi connectivity index (χ2n) is 5.74. The number of aliphatic carboxylic acids is 1. The van der Waals surface area contributed by atoms with Crippen molar-refractivity contribution in [1.29, 1.82) is 0 Å². The molecule has 0 heterocycles. The van der Waals surface area contributed by atoms with E-state index < -0.39 is 11.4 Å². The van der Waals surface area contributed by atoms with Gasteiger partial charge in [-0.1, -0.05) is 20.8 Å². The highest BCUT2D eigenvalue weighted by Crippen LogP contribution is 2.71. The Morgan fingerprint density at radius 2 is 1.93 bits per heavy atom. The molecule has 2 aliphatic rings. The quantitative estimate of drug-likeness (QED) is 0.671. The summed E-state index contributed by atoms with van der Waals surface area (Å²) in [6.45, 7) is 6.29. The summed E-state index contributed by atoms with van der Waals surface area (Å²) in [5, 5.41) is 9.40. The molecule has 1 unspecified atom stereocenters. The lowest BCUT2D eigenvalue weighted by atomic mass is 9.65. The first-order valence-corrected chi connectivity index (χ1v) is 5.27. The lowest BCUT2D eigenvalue weighted by molar-refractivity contribution is -0.154. The van der Waals surface area contributed by atoms with Crippen molar-refractivity contribution >= 4 is 5.97 Å². The molecule has 2 rings (SSSR count). The van der Waals surface area contributed by atoms with E-state index in [4.69, 9.17) is 5.73 Å². The molecule has 3 heteroatoms. The fourth-order valence-corrected chi connectivity index (χ4v) is 3.71. The van der Waals surface area contributed by atoms with Crippen LogP contribution in [0.3, 0.4) is 0 Å². The number of carboxylic acid groups (broad SMARTS) is 1. The number of rotatable bonds is 1. The van der Waals surface area contributed by atoms with E-state index in [2.05, 4.69) is 20.8 Å². The zero-order valence-electron chi connectivity index (χ0n) is 9.13. The van der Waals surface area contributed by atoms with Gasteiger partial charge in [0.15, 0.2) is 0 Å². The van der Waals surface area contributed by atoms with Crippen molar-refractivity contribution in [2.24, 2.45) is 22.0 Å². The maximum absolute atomic E-state index is 11.4. The van der Waals surface area contributed by atoms with Gasteiger partial charge in [0.05, 0.1) is 5.41 Å². The molecule has 2 saturated carbocycles. The van der Waals surface area contributed by atoms with E-state index in [1.807, 2.05) is 0 Å². The molecule has 0 aromatic carbocycles. The predicted octanol–water partition coefficient (Wildman–Crippen LogP) is 1.61. The van der Waals surface area contributed by atoms with E-state index >= 15 is 0 Å². The molecule has 2 bridgehead atoms. The first-order chi connectivity index (χ1) is 6.28. The second-order valence-corrected chi connectivity index (χ2v) is 5.74. The SMILES string of the molecule is CC1(C)[C@@]2(C(=O)O)CC[C@]1(C)C(N)C2. The molecule has 0 saturated heterocycles. The van der Waals surface area contributed by atoms with Crippen LogP contribution in [0.2, 0.25) is 0 Å². The molecule has 0 aliphatic heterocycles. The molecular formula is C11H19NO2. The largest absolute Gasteiger partial charge is 0.481 e. The number of carboxylic acids is 1. The Balaban J connectivity index is 2.54. The van der Waals surface area contributed by atoms with E-state index in [1.165, 1.54) is 0 Å². The topological polar surface area (TPSA) is 63.3 Å². The predicted molar refractivity (Wildman–Crippen MR) is 53.8 cm³/mol. The van der Waals surface area contributed by atoms with Gasteiger partial charge in [0, 0.05) is 6.04 Å². The summed E-state index contributed by atoms with van der Waals surface area (Å²) in [5.41, 5.74) is 5.35. The van der Waals surface area contributed by atoms with Gasteiger partial charge in [0.1, 0.15) is 0 Å². The van der Waals surface area contributed by atoms with Crippen LogP contribution in [0.15, 0.2) is 0 Å². The fraction of sp³-hybridized carbons (Fsp3) is 0.909. The van der Waals surface area contributed by atoms with Gasteiger partial charge in [0.25, 0.3) is 0 Å². The molecule has 0 radical (unpaired) electrons. The van der Waals surface area contributed by atoms with E-state index in [0.29, 0.717) is 6.42 Å². The van der Waals surface area contributed by atoms with Gasteiger partial charge in [-0.15, -0.1) is 0 Å². The van der Waals surface area contributed by atoms with Crippen molar-refractivity contribution in [3.63, 3.8) is 0 Å². The van der Waals surface area contributed by atoms with Gasteiger partial charge in [-0.05, 0) is 30.1 Å². The van der Waals surface area contributed by atoms with Crippen molar-refractivity contribution in [3.05, 3.63) is 0 Å². The van der Waals surface area contributed by atoms with E-state index in [-0.39, 0.29) is 16.9 Å². The van der Waals surface area contributed by atoms with Crippen LogP contribution in [0.25, 0.3) is 0 Å². The lowest BCUT2D eigenvalue weighted by Crippen LogP contribution is -2.42. The summed E-state index contributed by atoms with van der Waals surface area (Å²) in [6, 6.07) is 0.0438.